The summed E-state index contributed by atoms with van der Waals surface area (Å²) in [5.74, 6) is 0.887. The zero-order chi connectivity index (χ0) is 23.3. The second kappa shape index (κ2) is 10.5. The third-order valence-electron chi connectivity index (χ3n) is 5.29. The summed E-state index contributed by atoms with van der Waals surface area (Å²) in [6, 6.07) is 12.9. The van der Waals surface area contributed by atoms with Gasteiger partial charge in [-0.3, -0.25) is 9.59 Å². The molecule has 0 spiro atoms. The average molecular weight is 451 g/mol. The van der Waals surface area contributed by atoms with Crippen LogP contribution in [0, 0.1) is 11.8 Å². The highest BCUT2D eigenvalue weighted by Crippen LogP contribution is 2.27. The van der Waals surface area contributed by atoms with E-state index in [9.17, 15) is 9.59 Å². The predicted molar refractivity (Wildman–Crippen MR) is 134 cm³/mol. The smallest absolute Gasteiger partial charge is 0.258 e. The van der Waals surface area contributed by atoms with Crippen LogP contribution >= 0.6 is 11.3 Å². The van der Waals surface area contributed by atoms with Crippen LogP contribution in [-0.4, -0.2) is 25.6 Å². The number of carbonyl (C=O) groups excluding carboxylic acids is 1. The van der Waals surface area contributed by atoms with Crippen LogP contribution < -0.4 is 20.8 Å². The first-order valence-corrected chi connectivity index (χ1v) is 11.5. The molecule has 0 aliphatic rings. The van der Waals surface area contributed by atoms with Crippen molar-refractivity contribution in [3.05, 3.63) is 77.1 Å². The van der Waals surface area contributed by atoms with E-state index in [1.165, 1.54) is 0 Å². The minimum Gasteiger partial charge on any atom is -0.484 e. The van der Waals surface area contributed by atoms with E-state index in [2.05, 4.69) is 37.6 Å². The number of fused-ring (bicyclic) bond motifs is 2. The molecule has 2 N–H and O–H groups in total. The summed E-state index contributed by atoms with van der Waals surface area (Å²) in [7, 11) is 0. The van der Waals surface area contributed by atoms with Crippen molar-refractivity contribution in [1.82, 2.24) is 10.6 Å². The van der Waals surface area contributed by atoms with E-state index >= 15 is 0 Å². The fourth-order valence-electron chi connectivity index (χ4n) is 3.88. The summed E-state index contributed by atoms with van der Waals surface area (Å²) in [4.78, 5) is 24.9. The Hall–Kier alpha value is -3.12. The molecule has 1 aromatic heterocycles. The van der Waals surface area contributed by atoms with Gasteiger partial charge in [0.2, 0.25) is 0 Å². The van der Waals surface area contributed by atoms with Gasteiger partial charge in [-0.2, -0.15) is 0 Å². The first-order chi connectivity index (χ1) is 15.3. The van der Waals surface area contributed by atoms with Crippen molar-refractivity contribution in [3.63, 3.8) is 0 Å². The minimum atomic E-state index is -0.221. The number of nitrogens with one attached hydrogen (secondary N) is 2. The van der Waals surface area contributed by atoms with E-state index in [1.54, 1.807) is 23.5 Å². The van der Waals surface area contributed by atoms with E-state index in [4.69, 9.17) is 4.74 Å². The first-order valence-electron chi connectivity index (χ1n) is 10.7. The molecule has 3 aromatic rings. The second-order valence-electron chi connectivity index (χ2n) is 8.24. The molecule has 0 bridgehead atoms. The normalized spacial score (nSPS) is 12.0. The molecule has 0 saturated carbocycles. The van der Waals surface area contributed by atoms with Crippen LogP contribution in [0.3, 0.4) is 0 Å². The van der Waals surface area contributed by atoms with Crippen molar-refractivity contribution >= 4 is 37.4 Å². The SMILES string of the molecule is C=C(C)C(C(=C)NCCNC(=O)COc1ccc2sc3ccccc3c(=O)c2c1)C(C)C. The van der Waals surface area contributed by atoms with Gasteiger partial charge in [0.15, 0.2) is 12.0 Å². The number of hydrogen-bond donors (Lipinski definition) is 2. The quantitative estimate of drug-likeness (QED) is 0.263. The van der Waals surface area contributed by atoms with Crippen LogP contribution in [-0.2, 0) is 4.79 Å². The fourth-order valence-corrected chi connectivity index (χ4v) is 4.93. The largest absolute Gasteiger partial charge is 0.484 e. The van der Waals surface area contributed by atoms with Crippen molar-refractivity contribution in [1.29, 1.82) is 0 Å². The lowest BCUT2D eigenvalue weighted by Crippen LogP contribution is -2.35. The molecule has 32 heavy (non-hydrogen) atoms. The topological polar surface area (TPSA) is 67.4 Å². The van der Waals surface area contributed by atoms with Crippen molar-refractivity contribution in [3.8, 4) is 5.75 Å². The van der Waals surface area contributed by atoms with Gasteiger partial charge in [0, 0.05) is 44.9 Å². The van der Waals surface area contributed by atoms with Crippen LogP contribution in [0.2, 0.25) is 0 Å². The molecular weight excluding hydrogens is 420 g/mol. The lowest BCUT2D eigenvalue weighted by Gasteiger charge is -2.24. The predicted octanol–water partition coefficient (Wildman–Crippen LogP) is 4.86. The molecule has 0 fully saturated rings. The number of hydrogen-bond acceptors (Lipinski definition) is 5. The number of rotatable bonds is 10. The van der Waals surface area contributed by atoms with Crippen molar-refractivity contribution in [2.45, 2.75) is 20.8 Å². The Bertz CT molecular complexity index is 1210. The molecular formula is C26H30N2O3S. The summed E-state index contributed by atoms with van der Waals surface area (Å²) in [6.07, 6.45) is 0. The molecule has 1 atom stereocenters. The Labute approximate surface area is 192 Å². The number of allylic oxidation sites excluding steroid dienone is 1. The summed E-state index contributed by atoms with van der Waals surface area (Å²) < 4.78 is 7.48. The average Bonchev–Trinajstić information content (AvgIpc) is 2.75. The molecule has 0 radical (unpaired) electrons. The number of amides is 1. The Morgan fingerprint density at radius 1 is 1.03 bits per heavy atom. The molecule has 0 saturated heterocycles. The molecule has 5 nitrogen and oxygen atoms in total. The van der Waals surface area contributed by atoms with Gasteiger partial charge in [0.25, 0.3) is 5.91 Å². The Kier molecular flexibility index (Phi) is 7.70. The molecule has 168 valence electrons. The zero-order valence-corrected chi connectivity index (χ0v) is 19.7. The van der Waals surface area contributed by atoms with Crippen LogP contribution in [0.25, 0.3) is 20.2 Å². The Balaban J connectivity index is 1.52. The monoisotopic (exact) mass is 450 g/mol. The van der Waals surface area contributed by atoms with Crippen LogP contribution in [0.4, 0.5) is 0 Å². The van der Waals surface area contributed by atoms with E-state index in [1.807, 2.05) is 37.3 Å². The molecule has 0 aliphatic heterocycles. The second-order valence-corrected chi connectivity index (χ2v) is 9.33. The van der Waals surface area contributed by atoms with Gasteiger partial charge >= 0.3 is 0 Å². The third-order valence-corrected chi connectivity index (χ3v) is 6.44. The van der Waals surface area contributed by atoms with Crippen molar-refractivity contribution in [2.75, 3.05) is 19.7 Å². The van der Waals surface area contributed by atoms with Gasteiger partial charge in [0.1, 0.15) is 5.75 Å². The van der Waals surface area contributed by atoms with E-state index in [0.717, 1.165) is 20.7 Å². The van der Waals surface area contributed by atoms with Gasteiger partial charge in [-0.25, -0.2) is 0 Å². The van der Waals surface area contributed by atoms with Crippen LogP contribution in [0.15, 0.2) is 71.7 Å². The van der Waals surface area contributed by atoms with Gasteiger partial charge in [-0.15, -0.1) is 11.3 Å². The molecule has 0 aliphatic carbocycles. The maximum absolute atomic E-state index is 12.8. The summed E-state index contributed by atoms with van der Waals surface area (Å²) in [5, 5.41) is 7.40. The number of carbonyl (C=O) groups is 1. The van der Waals surface area contributed by atoms with Gasteiger partial charge in [0.05, 0.1) is 0 Å². The first kappa shape index (κ1) is 23.5. The fraction of sp³-hybridized carbons (Fsp3) is 0.308. The van der Waals surface area contributed by atoms with E-state index in [-0.39, 0.29) is 23.9 Å². The van der Waals surface area contributed by atoms with Gasteiger partial charge in [-0.05, 0) is 43.2 Å². The minimum absolute atomic E-state index is 0.0231. The highest BCUT2D eigenvalue weighted by atomic mass is 32.1. The molecule has 2 aromatic carbocycles. The zero-order valence-electron chi connectivity index (χ0n) is 18.9. The highest BCUT2D eigenvalue weighted by Gasteiger charge is 2.17. The van der Waals surface area contributed by atoms with Gasteiger partial charge in [-0.1, -0.05) is 44.7 Å². The molecule has 3 rings (SSSR count). The summed E-state index contributed by atoms with van der Waals surface area (Å²) in [5.41, 5.74) is 1.96. The lowest BCUT2D eigenvalue weighted by molar-refractivity contribution is -0.123. The Morgan fingerprint density at radius 2 is 1.72 bits per heavy atom. The van der Waals surface area contributed by atoms with Crippen molar-refractivity contribution < 1.29 is 9.53 Å². The molecule has 6 heteroatoms. The summed E-state index contributed by atoms with van der Waals surface area (Å²) in [6.45, 7) is 15.3. The standard InChI is InChI=1S/C26H30N2O3S/c1-16(2)25(17(3)4)18(5)27-12-13-28-24(29)15-31-19-10-11-23-21(14-19)26(30)20-8-6-7-9-22(20)32-23/h6-11,14,17,25,27H,1,5,12-13,15H2,2-4H3,(H,28,29). The van der Waals surface area contributed by atoms with Crippen LogP contribution in [0.5, 0.6) is 5.75 Å². The summed E-state index contributed by atoms with van der Waals surface area (Å²) >= 11 is 1.57. The number of ether oxygens (including phenoxy) is 1. The van der Waals surface area contributed by atoms with E-state index < -0.39 is 0 Å². The van der Waals surface area contributed by atoms with Gasteiger partial charge < -0.3 is 15.4 Å². The number of benzene rings is 2. The lowest BCUT2D eigenvalue weighted by atomic mass is 9.87. The van der Waals surface area contributed by atoms with E-state index in [0.29, 0.717) is 35.5 Å². The maximum atomic E-state index is 12.8. The van der Waals surface area contributed by atoms with Crippen LogP contribution in [0.1, 0.15) is 20.8 Å². The molecule has 1 amide bonds. The molecule has 1 heterocycles. The van der Waals surface area contributed by atoms with Crippen molar-refractivity contribution in [2.24, 2.45) is 11.8 Å². The highest BCUT2D eigenvalue weighted by molar-refractivity contribution is 7.24. The third kappa shape index (κ3) is 5.56. The molecule has 1 unspecified atom stereocenters. The maximum Gasteiger partial charge on any atom is 0.258 e. The Morgan fingerprint density at radius 3 is 2.44 bits per heavy atom.